The average molecular weight is 144 g/mol. The Kier molecular flexibility index (Phi) is 4.28. The average Bonchev–Trinajstić information content (AvgIpc) is 1.86. The lowest BCUT2D eigenvalue weighted by Crippen LogP contribution is -2.28. The fourth-order valence-corrected chi connectivity index (χ4v) is 0.590. The molecule has 4 heteroatoms. The molecule has 0 rings (SSSR count). The van der Waals surface area contributed by atoms with Crippen LogP contribution in [0.3, 0.4) is 0 Å². The van der Waals surface area contributed by atoms with Gasteiger partial charge in [-0.05, 0) is 6.42 Å². The Morgan fingerprint density at radius 2 is 2.30 bits per heavy atom. The van der Waals surface area contributed by atoms with Crippen molar-refractivity contribution in [2.24, 2.45) is 0 Å². The zero-order chi connectivity index (χ0) is 7.98. The van der Waals surface area contributed by atoms with Gasteiger partial charge in [0.1, 0.15) is 6.54 Å². The summed E-state index contributed by atoms with van der Waals surface area (Å²) >= 11 is 0. The van der Waals surface area contributed by atoms with Gasteiger partial charge in [0.15, 0.2) is 0 Å². The van der Waals surface area contributed by atoms with E-state index in [1.165, 1.54) is 6.41 Å². The summed E-state index contributed by atoms with van der Waals surface area (Å²) in [5, 5.41) is 8.22. The molecule has 0 aromatic heterocycles. The Labute approximate surface area is 59.4 Å². The number of carbonyl (C=O) groups excluding carboxylic acids is 1. The van der Waals surface area contributed by atoms with Crippen LogP contribution < -0.4 is 0 Å². The van der Waals surface area contributed by atoms with E-state index >= 15 is 0 Å². The molecule has 57 valence electrons. The quantitative estimate of drug-likeness (QED) is 0.546. The SMILES string of the molecule is CCCN([C]=O)CC(=O)O. The number of carboxylic acids is 1. The molecule has 1 N–H and O–H groups in total. The molecule has 0 spiro atoms. The number of rotatable bonds is 5. The lowest BCUT2D eigenvalue weighted by molar-refractivity contribution is -0.137. The highest BCUT2D eigenvalue weighted by Crippen LogP contribution is 1.85. The van der Waals surface area contributed by atoms with Crippen LogP contribution in [0, 0.1) is 0 Å². The lowest BCUT2D eigenvalue weighted by Gasteiger charge is -2.10. The molecular weight excluding hydrogens is 134 g/mol. The molecule has 0 saturated heterocycles. The number of amides is 1. The van der Waals surface area contributed by atoms with Crippen molar-refractivity contribution in [2.45, 2.75) is 13.3 Å². The number of carboxylic acid groups (broad SMARTS) is 1. The normalized spacial score (nSPS) is 8.90. The Bertz CT molecular complexity index is 124. The molecule has 10 heavy (non-hydrogen) atoms. The van der Waals surface area contributed by atoms with Crippen LogP contribution >= 0.6 is 0 Å². The smallest absolute Gasteiger partial charge is 0.323 e. The van der Waals surface area contributed by atoms with E-state index in [1.54, 1.807) is 0 Å². The first-order valence-electron chi connectivity index (χ1n) is 3.05. The highest BCUT2D eigenvalue weighted by molar-refractivity contribution is 5.71. The Morgan fingerprint density at radius 3 is 2.60 bits per heavy atom. The lowest BCUT2D eigenvalue weighted by atomic mass is 10.4. The third kappa shape index (κ3) is 3.88. The highest BCUT2D eigenvalue weighted by Gasteiger charge is 2.05. The van der Waals surface area contributed by atoms with Crippen LogP contribution in [-0.4, -0.2) is 35.5 Å². The first kappa shape index (κ1) is 8.94. The minimum Gasteiger partial charge on any atom is -0.480 e. The third-order valence-electron chi connectivity index (χ3n) is 0.949. The van der Waals surface area contributed by atoms with Crippen LogP contribution in [0.4, 0.5) is 0 Å². The summed E-state index contributed by atoms with van der Waals surface area (Å²) in [5.41, 5.74) is 0. The van der Waals surface area contributed by atoms with E-state index in [-0.39, 0.29) is 6.54 Å². The van der Waals surface area contributed by atoms with Crippen molar-refractivity contribution < 1.29 is 14.7 Å². The van der Waals surface area contributed by atoms with Gasteiger partial charge in [0, 0.05) is 6.54 Å². The molecular formula is C6H10NO3. The van der Waals surface area contributed by atoms with Gasteiger partial charge in [-0.15, -0.1) is 0 Å². The zero-order valence-corrected chi connectivity index (χ0v) is 5.83. The maximum Gasteiger partial charge on any atom is 0.323 e. The minimum atomic E-state index is -1.00. The Hall–Kier alpha value is -1.06. The predicted octanol–water partition coefficient (Wildman–Crippen LogP) is -0.150. The maximum absolute atomic E-state index is 10.0. The molecule has 0 saturated carbocycles. The van der Waals surface area contributed by atoms with Crippen molar-refractivity contribution in [2.75, 3.05) is 13.1 Å². The van der Waals surface area contributed by atoms with Crippen molar-refractivity contribution >= 4 is 12.4 Å². The zero-order valence-electron chi connectivity index (χ0n) is 5.83. The van der Waals surface area contributed by atoms with Crippen LogP contribution in [0.15, 0.2) is 0 Å². The first-order chi connectivity index (χ1) is 4.70. The minimum absolute atomic E-state index is 0.253. The highest BCUT2D eigenvalue weighted by atomic mass is 16.4. The van der Waals surface area contributed by atoms with Crippen LogP contribution in [0.5, 0.6) is 0 Å². The van der Waals surface area contributed by atoms with Gasteiger partial charge in [0.2, 0.25) is 0 Å². The molecule has 0 aromatic carbocycles. The van der Waals surface area contributed by atoms with Gasteiger partial charge in [-0.25, -0.2) is 0 Å². The van der Waals surface area contributed by atoms with E-state index in [0.717, 1.165) is 11.3 Å². The number of carbonyl (C=O) groups is 1. The number of aliphatic carboxylic acids is 1. The molecule has 0 heterocycles. The number of nitrogens with zero attached hydrogens (tertiary/aromatic N) is 1. The second kappa shape index (κ2) is 4.78. The molecule has 0 atom stereocenters. The second-order valence-corrected chi connectivity index (χ2v) is 1.91. The molecule has 4 nitrogen and oxygen atoms in total. The summed E-state index contributed by atoms with van der Waals surface area (Å²) in [4.78, 5) is 21.1. The van der Waals surface area contributed by atoms with Gasteiger partial charge in [-0.1, -0.05) is 6.92 Å². The van der Waals surface area contributed by atoms with Gasteiger partial charge in [0.05, 0.1) is 0 Å². The monoisotopic (exact) mass is 144 g/mol. The predicted molar refractivity (Wildman–Crippen MR) is 35.2 cm³/mol. The maximum atomic E-state index is 10.0. The fraction of sp³-hybridized carbons (Fsp3) is 0.667. The van der Waals surface area contributed by atoms with Crippen molar-refractivity contribution in [3.8, 4) is 0 Å². The van der Waals surface area contributed by atoms with Crippen LogP contribution in [0.25, 0.3) is 0 Å². The summed E-state index contributed by atoms with van der Waals surface area (Å²) in [6, 6.07) is 0. The second-order valence-electron chi connectivity index (χ2n) is 1.91. The van der Waals surface area contributed by atoms with Crippen molar-refractivity contribution in [1.29, 1.82) is 0 Å². The Balaban J connectivity index is 3.59. The van der Waals surface area contributed by atoms with Gasteiger partial charge < -0.3 is 10.0 Å². The summed E-state index contributed by atoms with van der Waals surface area (Å²) in [6.07, 6.45) is 2.29. The van der Waals surface area contributed by atoms with Crippen LogP contribution in [0.1, 0.15) is 13.3 Å². The van der Waals surface area contributed by atoms with Crippen molar-refractivity contribution in [1.82, 2.24) is 4.90 Å². The number of hydrogen-bond acceptors (Lipinski definition) is 2. The van der Waals surface area contributed by atoms with Gasteiger partial charge >= 0.3 is 12.4 Å². The fourth-order valence-electron chi connectivity index (χ4n) is 0.590. The topological polar surface area (TPSA) is 57.6 Å². The molecule has 0 aliphatic rings. The van der Waals surface area contributed by atoms with E-state index in [1.807, 2.05) is 6.92 Å². The third-order valence-corrected chi connectivity index (χ3v) is 0.949. The van der Waals surface area contributed by atoms with Crippen molar-refractivity contribution in [3.05, 3.63) is 0 Å². The molecule has 0 aromatic rings. The standard InChI is InChI=1S/C6H10NO3/c1-2-3-7(5-8)4-6(9)10/h2-4H2,1H3,(H,9,10). The molecule has 0 unspecified atom stereocenters. The van der Waals surface area contributed by atoms with Crippen molar-refractivity contribution in [3.63, 3.8) is 0 Å². The summed E-state index contributed by atoms with van der Waals surface area (Å²) < 4.78 is 0. The van der Waals surface area contributed by atoms with Gasteiger partial charge in [-0.3, -0.25) is 9.59 Å². The summed E-state index contributed by atoms with van der Waals surface area (Å²) in [7, 11) is 0. The Morgan fingerprint density at radius 1 is 1.70 bits per heavy atom. The van der Waals surface area contributed by atoms with E-state index in [4.69, 9.17) is 5.11 Å². The van der Waals surface area contributed by atoms with Gasteiger partial charge in [-0.2, -0.15) is 0 Å². The summed E-state index contributed by atoms with van der Waals surface area (Å²) in [5.74, 6) is -1.00. The molecule has 0 aliphatic heterocycles. The van der Waals surface area contributed by atoms with Crippen LogP contribution in [-0.2, 0) is 9.59 Å². The van der Waals surface area contributed by atoms with Crippen LogP contribution in [0.2, 0.25) is 0 Å². The first-order valence-corrected chi connectivity index (χ1v) is 3.05. The molecule has 0 fully saturated rings. The van der Waals surface area contributed by atoms with E-state index in [0.29, 0.717) is 6.54 Å². The molecule has 0 bridgehead atoms. The summed E-state index contributed by atoms with van der Waals surface area (Å²) in [6.45, 7) is 2.07. The van der Waals surface area contributed by atoms with Gasteiger partial charge in [0.25, 0.3) is 0 Å². The largest absolute Gasteiger partial charge is 0.480 e. The number of hydrogen-bond donors (Lipinski definition) is 1. The molecule has 1 amide bonds. The van der Waals surface area contributed by atoms with E-state index < -0.39 is 5.97 Å². The molecule has 1 radical (unpaired) electrons. The van der Waals surface area contributed by atoms with E-state index in [9.17, 15) is 9.59 Å². The molecule has 0 aliphatic carbocycles. The van der Waals surface area contributed by atoms with E-state index in [2.05, 4.69) is 0 Å².